The number of amides is 1. The molecule has 0 atom stereocenters. The van der Waals surface area contributed by atoms with Crippen LogP contribution in [0.25, 0.3) is 0 Å². The van der Waals surface area contributed by atoms with E-state index in [-0.39, 0.29) is 16.5 Å². The average Bonchev–Trinajstić information content (AvgIpc) is 2.47. The molecule has 2 aromatic rings. The molecule has 0 unspecified atom stereocenters. The van der Waals surface area contributed by atoms with Crippen molar-refractivity contribution in [2.45, 2.75) is 11.4 Å². The van der Waals surface area contributed by atoms with E-state index in [2.05, 4.69) is 5.32 Å². The van der Waals surface area contributed by atoms with Gasteiger partial charge < -0.3 is 11.1 Å². The van der Waals surface area contributed by atoms with E-state index in [1.165, 1.54) is 6.07 Å². The molecule has 2 rings (SSSR count). The quantitative estimate of drug-likeness (QED) is 0.901. The first-order chi connectivity index (χ1) is 9.91. The molecule has 0 fully saturated rings. The lowest BCUT2D eigenvalue weighted by atomic mass is 10.1. The first-order valence-corrected chi connectivity index (χ1v) is 8.20. The van der Waals surface area contributed by atoms with Crippen LogP contribution in [-0.2, 0) is 16.4 Å². The van der Waals surface area contributed by atoms with Gasteiger partial charge in [-0.2, -0.15) is 0 Å². The van der Waals surface area contributed by atoms with Crippen LogP contribution in [0.2, 0.25) is 0 Å². The van der Waals surface area contributed by atoms with Gasteiger partial charge in [-0.3, -0.25) is 4.79 Å². The van der Waals surface area contributed by atoms with Crippen LogP contribution in [0.1, 0.15) is 15.9 Å². The minimum atomic E-state index is -3.40. The lowest BCUT2D eigenvalue weighted by Gasteiger charge is -2.10. The van der Waals surface area contributed by atoms with Crippen molar-refractivity contribution in [1.82, 2.24) is 0 Å². The molecule has 110 valence electrons. The van der Waals surface area contributed by atoms with Crippen LogP contribution < -0.4 is 11.1 Å². The van der Waals surface area contributed by atoms with Gasteiger partial charge in [-0.1, -0.05) is 24.3 Å². The summed E-state index contributed by atoms with van der Waals surface area (Å²) in [5, 5.41) is 2.62. The second kappa shape index (κ2) is 6.07. The Bertz CT molecular complexity index is 753. The summed E-state index contributed by atoms with van der Waals surface area (Å²) in [5.41, 5.74) is 7.13. The Labute approximate surface area is 123 Å². The minimum Gasteiger partial charge on any atom is -0.326 e. The highest BCUT2D eigenvalue weighted by molar-refractivity contribution is 7.90. The van der Waals surface area contributed by atoms with E-state index in [4.69, 9.17) is 5.73 Å². The molecule has 0 saturated carbocycles. The number of carbonyl (C=O) groups excluding carboxylic acids is 1. The number of sulfone groups is 1. The number of benzene rings is 2. The maximum absolute atomic E-state index is 12.2. The topological polar surface area (TPSA) is 89.3 Å². The van der Waals surface area contributed by atoms with Crippen molar-refractivity contribution in [2.75, 3.05) is 11.6 Å². The second-order valence-corrected chi connectivity index (χ2v) is 6.61. The van der Waals surface area contributed by atoms with Crippen molar-refractivity contribution in [3.63, 3.8) is 0 Å². The maximum atomic E-state index is 12.2. The second-order valence-electron chi connectivity index (χ2n) is 4.62. The summed E-state index contributed by atoms with van der Waals surface area (Å²) < 4.78 is 23.4. The van der Waals surface area contributed by atoms with Crippen LogP contribution in [0.4, 0.5) is 5.69 Å². The summed E-state index contributed by atoms with van der Waals surface area (Å²) in [6.45, 7) is 0.402. The van der Waals surface area contributed by atoms with E-state index in [9.17, 15) is 13.2 Å². The van der Waals surface area contributed by atoms with Gasteiger partial charge in [0, 0.05) is 18.4 Å². The molecule has 0 aliphatic carbocycles. The third kappa shape index (κ3) is 3.68. The number of nitrogens with two attached hydrogens (primary N) is 1. The van der Waals surface area contributed by atoms with Crippen LogP contribution in [0, 0.1) is 0 Å². The monoisotopic (exact) mass is 304 g/mol. The van der Waals surface area contributed by atoms with Crippen LogP contribution in [0.3, 0.4) is 0 Å². The number of hydrogen-bond acceptors (Lipinski definition) is 4. The van der Waals surface area contributed by atoms with Crippen molar-refractivity contribution in [2.24, 2.45) is 5.73 Å². The Morgan fingerprint density at radius 3 is 2.29 bits per heavy atom. The van der Waals surface area contributed by atoms with E-state index in [0.29, 0.717) is 12.1 Å². The molecule has 1 amide bonds. The highest BCUT2D eigenvalue weighted by Crippen LogP contribution is 2.21. The predicted octanol–water partition coefficient (Wildman–Crippen LogP) is 1.80. The van der Waals surface area contributed by atoms with Gasteiger partial charge in [-0.05, 0) is 29.8 Å². The molecule has 0 aromatic heterocycles. The molecule has 0 spiro atoms. The molecule has 0 aliphatic rings. The average molecular weight is 304 g/mol. The van der Waals surface area contributed by atoms with Crippen LogP contribution in [0.5, 0.6) is 0 Å². The smallest absolute Gasteiger partial charge is 0.255 e. The number of nitrogens with one attached hydrogen (secondary N) is 1. The molecule has 6 heteroatoms. The van der Waals surface area contributed by atoms with Crippen LogP contribution in [0.15, 0.2) is 53.4 Å². The zero-order valence-corrected chi connectivity index (χ0v) is 12.4. The predicted molar refractivity (Wildman–Crippen MR) is 81.8 cm³/mol. The minimum absolute atomic E-state index is 0.0944. The van der Waals surface area contributed by atoms with Gasteiger partial charge in [-0.25, -0.2) is 8.42 Å². The fourth-order valence-corrected chi connectivity index (χ4v) is 2.72. The summed E-state index contributed by atoms with van der Waals surface area (Å²) in [5.74, 6) is -0.366. The van der Waals surface area contributed by atoms with Gasteiger partial charge >= 0.3 is 0 Å². The molecular formula is C15H16N2O3S. The van der Waals surface area contributed by atoms with Gasteiger partial charge in [0.1, 0.15) is 0 Å². The molecule has 21 heavy (non-hydrogen) atoms. The lowest BCUT2D eigenvalue weighted by Crippen LogP contribution is -2.14. The Hall–Kier alpha value is -2.18. The largest absolute Gasteiger partial charge is 0.326 e. The van der Waals surface area contributed by atoms with Gasteiger partial charge in [0.25, 0.3) is 5.91 Å². The number of para-hydroxylation sites is 1. The third-order valence-electron chi connectivity index (χ3n) is 2.99. The Morgan fingerprint density at radius 2 is 1.71 bits per heavy atom. The molecule has 2 aromatic carbocycles. The normalized spacial score (nSPS) is 11.1. The van der Waals surface area contributed by atoms with Crippen molar-refractivity contribution < 1.29 is 13.2 Å². The molecule has 3 N–H and O–H groups in total. The van der Waals surface area contributed by atoms with Crippen molar-refractivity contribution in [1.29, 1.82) is 0 Å². The summed E-state index contributed by atoms with van der Waals surface area (Å²) in [4.78, 5) is 12.3. The Balaban J connectivity index is 2.27. The first kappa shape index (κ1) is 15.2. The lowest BCUT2D eigenvalue weighted by molar-refractivity contribution is 0.102. The van der Waals surface area contributed by atoms with E-state index >= 15 is 0 Å². The highest BCUT2D eigenvalue weighted by Gasteiger charge is 2.15. The van der Waals surface area contributed by atoms with Crippen LogP contribution >= 0.6 is 0 Å². The number of anilines is 1. The fourth-order valence-electron chi connectivity index (χ4n) is 1.88. The van der Waals surface area contributed by atoms with Crippen molar-refractivity contribution in [3.05, 3.63) is 59.7 Å². The molecule has 0 radical (unpaired) electrons. The first-order valence-electron chi connectivity index (χ1n) is 6.31. The molecular weight excluding hydrogens is 288 g/mol. The number of carbonyl (C=O) groups is 1. The van der Waals surface area contributed by atoms with E-state index in [1.807, 2.05) is 0 Å². The van der Waals surface area contributed by atoms with Gasteiger partial charge in [0.15, 0.2) is 9.84 Å². The summed E-state index contributed by atoms with van der Waals surface area (Å²) in [6, 6.07) is 13.1. The van der Waals surface area contributed by atoms with E-state index in [0.717, 1.165) is 11.8 Å². The summed E-state index contributed by atoms with van der Waals surface area (Å²) in [6.07, 6.45) is 1.11. The maximum Gasteiger partial charge on any atom is 0.255 e. The van der Waals surface area contributed by atoms with Crippen molar-refractivity contribution >= 4 is 21.4 Å². The number of rotatable bonds is 4. The molecule has 0 aliphatic heterocycles. The molecule has 0 heterocycles. The SMILES string of the molecule is CS(=O)(=O)c1ccccc1NC(=O)c1ccc(CN)cc1. The molecule has 0 saturated heterocycles. The zero-order chi connectivity index (χ0) is 15.5. The third-order valence-corrected chi connectivity index (χ3v) is 4.14. The van der Waals surface area contributed by atoms with E-state index in [1.54, 1.807) is 42.5 Å². The van der Waals surface area contributed by atoms with Gasteiger partial charge in [-0.15, -0.1) is 0 Å². The Morgan fingerprint density at radius 1 is 1.10 bits per heavy atom. The highest BCUT2D eigenvalue weighted by atomic mass is 32.2. The standard InChI is InChI=1S/C15H16N2O3S/c1-21(19,20)14-5-3-2-4-13(14)17-15(18)12-8-6-11(10-16)7-9-12/h2-9H,10,16H2,1H3,(H,17,18). The van der Waals surface area contributed by atoms with Gasteiger partial charge in [0.05, 0.1) is 10.6 Å². The van der Waals surface area contributed by atoms with Gasteiger partial charge in [0.2, 0.25) is 0 Å². The van der Waals surface area contributed by atoms with E-state index < -0.39 is 9.84 Å². The fraction of sp³-hybridized carbons (Fsp3) is 0.133. The summed E-state index contributed by atoms with van der Waals surface area (Å²) >= 11 is 0. The molecule has 0 bridgehead atoms. The summed E-state index contributed by atoms with van der Waals surface area (Å²) in [7, 11) is -3.40. The van der Waals surface area contributed by atoms with Crippen molar-refractivity contribution in [3.8, 4) is 0 Å². The Kier molecular flexibility index (Phi) is 4.40. The van der Waals surface area contributed by atoms with Crippen LogP contribution in [-0.4, -0.2) is 20.6 Å². The zero-order valence-electron chi connectivity index (χ0n) is 11.5. The molecule has 5 nitrogen and oxygen atoms in total. The number of hydrogen-bond donors (Lipinski definition) is 2.